The molecule has 1 aliphatic heterocycles. The Labute approximate surface area is 115 Å². The lowest BCUT2D eigenvalue weighted by Crippen LogP contribution is -2.31. The molecule has 20 heavy (non-hydrogen) atoms. The van der Waals surface area contributed by atoms with Gasteiger partial charge in [-0.15, -0.1) is 0 Å². The van der Waals surface area contributed by atoms with E-state index in [4.69, 9.17) is 0 Å². The highest BCUT2D eigenvalue weighted by Crippen LogP contribution is 2.28. The summed E-state index contributed by atoms with van der Waals surface area (Å²) in [6.07, 6.45) is 0.616. The maximum absolute atomic E-state index is 13.6. The number of hydrogen-bond acceptors (Lipinski definition) is 3. The third-order valence-electron chi connectivity index (χ3n) is 3.30. The Balaban J connectivity index is 2.33. The van der Waals surface area contributed by atoms with E-state index < -0.39 is 32.4 Å². The minimum Gasteiger partial charge on any atom is -0.319 e. The number of nitrogens with zero attached hydrogens (tertiary/aromatic N) is 1. The largest absolute Gasteiger partial charge is 0.319 e. The van der Waals surface area contributed by atoms with Crippen LogP contribution < -0.4 is 5.32 Å². The fourth-order valence-electron chi connectivity index (χ4n) is 2.38. The Morgan fingerprint density at radius 2 is 1.90 bits per heavy atom. The van der Waals surface area contributed by atoms with Crippen LogP contribution in [0.25, 0.3) is 0 Å². The molecule has 1 fully saturated rings. The molecule has 0 aromatic heterocycles. The molecule has 0 amide bonds. The van der Waals surface area contributed by atoms with E-state index in [0.717, 1.165) is 4.31 Å². The lowest BCUT2D eigenvalue weighted by Gasteiger charge is -2.17. The van der Waals surface area contributed by atoms with Crippen molar-refractivity contribution in [2.24, 2.45) is 5.92 Å². The number of benzene rings is 1. The molecule has 0 spiro atoms. The van der Waals surface area contributed by atoms with Crippen molar-refractivity contribution in [1.82, 2.24) is 9.62 Å². The fourth-order valence-corrected chi connectivity index (χ4v) is 4.00. The molecule has 1 saturated heterocycles. The molecule has 1 aromatic rings. The molecule has 112 valence electrons. The zero-order valence-corrected chi connectivity index (χ0v) is 11.7. The molecule has 0 saturated carbocycles. The Kier molecular flexibility index (Phi) is 4.36. The first-order valence-corrected chi connectivity index (χ1v) is 7.59. The van der Waals surface area contributed by atoms with Crippen molar-refractivity contribution in [1.29, 1.82) is 0 Å². The normalized spacial score (nSPS) is 20.5. The van der Waals surface area contributed by atoms with Gasteiger partial charge in [0.25, 0.3) is 0 Å². The smallest absolute Gasteiger partial charge is 0.248 e. The summed E-state index contributed by atoms with van der Waals surface area (Å²) in [5.74, 6) is -3.85. The van der Waals surface area contributed by atoms with Gasteiger partial charge in [0.1, 0.15) is 17.5 Å². The van der Waals surface area contributed by atoms with Gasteiger partial charge >= 0.3 is 0 Å². The Hall–Kier alpha value is -1.12. The summed E-state index contributed by atoms with van der Waals surface area (Å²) in [6.45, 7) is 1.02. The van der Waals surface area contributed by atoms with Gasteiger partial charge in [0.05, 0.1) is 0 Å². The van der Waals surface area contributed by atoms with Gasteiger partial charge in [-0.05, 0) is 25.9 Å². The number of sulfonamides is 1. The van der Waals surface area contributed by atoms with Gasteiger partial charge in [-0.1, -0.05) is 0 Å². The highest BCUT2D eigenvalue weighted by atomic mass is 32.2. The second-order valence-corrected chi connectivity index (χ2v) is 6.65. The molecule has 0 bridgehead atoms. The number of nitrogens with one attached hydrogen (secondary N) is 1. The zero-order chi connectivity index (χ0) is 14.9. The van der Waals surface area contributed by atoms with E-state index in [1.54, 1.807) is 7.05 Å². The first kappa shape index (κ1) is 15.3. The standard InChI is InChI=1S/C12H15F3N2O2S/c1-16-6-8-2-3-17(7-8)20(18,19)12-10(14)4-9(13)5-11(12)15/h4-5,8,16H,2-3,6-7H2,1H3. The van der Waals surface area contributed by atoms with E-state index in [1.165, 1.54) is 0 Å². The van der Waals surface area contributed by atoms with E-state index in [-0.39, 0.29) is 19.0 Å². The van der Waals surface area contributed by atoms with Crippen LogP contribution >= 0.6 is 0 Å². The molecule has 2 rings (SSSR count). The van der Waals surface area contributed by atoms with Gasteiger partial charge < -0.3 is 5.32 Å². The molecule has 1 aliphatic rings. The predicted molar refractivity (Wildman–Crippen MR) is 67.1 cm³/mol. The number of halogens is 3. The molecule has 1 aromatic carbocycles. The lowest BCUT2D eigenvalue weighted by molar-refractivity contribution is 0.435. The van der Waals surface area contributed by atoms with Gasteiger partial charge in [-0.2, -0.15) is 4.31 Å². The number of hydrogen-bond donors (Lipinski definition) is 1. The molecule has 1 heterocycles. The van der Waals surface area contributed by atoms with Gasteiger partial charge in [-0.25, -0.2) is 21.6 Å². The highest BCUT2D eigenvalue weighted by Gasteiger charge is 2.36. The third kappa shape index (κ3) is 2.82. The third-order valence-corrected chi connectivity index (χ3v) is 5.22. The molecule has 8 heteroatoms. The van der Waals surface area contributed by atoms with E-state index in [2.05, 4.69) is 5.32 Å². The average Bonchev–Trinajstić information content (AvgIpc) is 2.76. The van der Waals surface area contributed by atoms with Crippen LogP contribution in [0.5, 0.6) is 0 Å². The number of rotatable bonds is 4. The maximum atomic E-state index is 13.6. The molecule has 1 unspecified atom stereocenters. The highest BCUT2D eigenvalue weighted by molar-refractivity contribution is 7.89. The molecule has 4 nitrogen and oxygen atoms in total. The van der Waals surface area contributed by atoms with Crippen LogP contribution in [0.3, 0.4) is 0 Å². The minimum atomic E-state index is -4.28. The zero-order valence-electron chi connectivity index (χ0n) is 10.9. The van der Waals surface area contributed by atoms with Crippen molar-refractivity contribution < 1.29 is 21.6 Å². The van der Waals surface area contributed by atoms with E-state index in [9.17, 15) is 21.6 Å². The summed E-state index contributed by atoms with van der Waals surface area (Å²) in [5.41, 5.74) is 0. The summed E-state index contributed by atoms with van der Waals surface area (Å²) in [7, 11) is -2.53. The second-order valence-electron chi connectivity index (χ2n) is 4.77. The van der Waals surface area contributed by atoms with Crippen LogP contribution in [0.4, 0.5) is 13.2 Å². The van der Waals surface area contributed by atoms with Crippen LogP contribution in [-0.2, 0) is 10.0 Å². The quantitative estimate of drug-likeness (QED) is 0.913. The topological polar surface area (TPSA) is 49.4 Å². The summed E-state index contributed by atoms with van der Waals surface area (Å²) in [4.78, 5) is -1.08. The van der Waals surface area contributed by atoms with Crippen molar-refractivity contribution in [2.75, 3.05) is 26.7 Å². The van der Waals surface area contributed by atoms with Crippen LogP contribution in [0.15, 0.2) is 17.0 Å². The Morgan fingerprint density at radius 1 is 1.30 bits per heavy atom. The first-order chi connectivity index (χ1) is 9.36. The van der Waals surface area contributed by atoms with Crippen molar-refractivity contribution in [3.8, 4) is 0 Å². The minimum absolute atomic E-state index is 0.0985. The van der Waals surface area contributed by atoms with Crippen LogP contribution in [0, 0.1) is 23.4 Å². The average molecular weight is 308 g/mol. The van der Waals surface area contributed by atoms with Gasteiger partial charge in [0.2, 0.25) is 10.0 Å². The summed E-state index contributed by atoms with van der Waals surface area (Å²) >= 11 is 0. The summed E-state index contributed by atoms with van der Waals surface area (Å²) < 4.78 is 65.6. The second kappa shape index (κ2) is 5.71. The molecule has 0 aliphatic carbocycles. The van der Waals surface area contributed by atoms with Crippen molar-refractivity contribution in [2.45, 2.75) is 11.3 Å². The van der Waals surface area contributed by atoms with Crippen molar-refractivity contribution in [3.05, 3.63) is 29.6 Å². The van der Waals surface area contributed by atoms with E-state index >= 15 is 0 Å². The van der Waals surface area contributed by atoms with Gasteiger partial charge in [0.15, 0.2) is 4.90 Å². The predicted octanol–water partition coefficient (Wildman–Crippen LogP) is 1.33. The van der Waals surface area contributed by atoms with Crippen molar-refractivity contribution in [3.63, 3.8) is 0 Å². The van der Waals surface area contributed by atoms with Gasteiger partial charge in [0, 0.05) is 25.2 Å². The van der Waals surface area contributed by atoms with E-state index in [1.807, 2.05) is 0 Å². The first-order valence-electron chi connectivity index (χ1n) is 6.15. The van der Waals surface area contributed by atoms with Crippen LogP contribution in [-0.4, -0.2) is 39.4 Å². The monoisotopic (exact) mass is 308 g/mol. The molecule has 0 radical (unpaired) electrons. The molecule has 1 atom stereocenters. The van der Waals surface area contributed by atoms with E-state index in [0.29, 0.717) is 25.1 Å². The summed E-state index contributed by atoms with van der Waals surface area (Å²) in [5, 5.41) is 2.93. The summed E-state index contributed by atoms with van der Waals surface area (Å²) in [6, 6.07) is 0.744. The fraction of sp³-hybridized carbons (Fsp3) is 0.500. The molecule has 1 N–H and O–H groups in total. The van der Waals surface area contributed by atoms with Crippen LogP contribution in [0.2, 0.25) is 0 Å². The Morgan fingerprint density at radius 3 is 2.45 bits per heavy atom. The van der Waals surface area contributed by atoms with Crippen LogP contribution in [0.1, 0.15) is 6.42 Å². The molecular weight excluding hydrogens is 293 g/mol. The van der Waals surface area contributed by atoms with Crippen molar-refractivity contribution >= 4 is 10.0 Å². The Bertz CT molecular complexity index is 584. The van der Waals surface area contributed by atoms with Gasteiger partial charge in [-0.3, -0.25) is 0 Å². The SMILES string of the molecule is CNCC1CCN(S(=O)(=O)c2c(F)cc(F)cc2F)C1. The lowest BCUT2D eigenvalue weighted by atomic mass is 10.1. The molecular formula is C12H15F3N2O2S. The maximum Gasteiger partial charge on any atom is 0.248 e.